The van der Waals surface area contributed by atoms with E-state index < -0.39 is 11.8 Å². The quantitative estimate of drug-likeness (QED) is 0.810. The molecule has 0 atom stereocenters. The van der Waals surface area contributed by atoms with Crippen molar-refractivity contribution >= 4 is 5.97 Å². The maximum atomic E-state index is 13.2. The van der Waals surface area contributed by atoms with Gasteiger partial charge >= 0.3 is 5.97 Å². The van der Waals surface area contributed by atoms with Gasteiger partial charge in [-0.25, -0.2) is 9.18 Å². The Morgan fingerprint density at radius 3 is 2.57 bits per heavy atom. The summed E-state index contributed by atoms with van der Waals surface area (Å²) >= 11 is 0. The van der Waals surface area contributed by atoms with Crippen LogP contribution in [0.3, 0.4) is 0 Å². The lowest BCUT2D eigenvalue weighted by Gasteiger charge is -2.09. The topological polar surface area (TPSA) is 59.3 Å². The van der Waals surface area contributed by atoms with Gasteiger partial charge in [-0.05, 0) is 42.5 Å². The van der Waals surface area contributed by atoms with Gasteiger partial charge in [-0.3, -0.25) is 0 Å². The molecular formula is C16H12FNO3. The first-order chi connectivity index (χ1) is 10.1. The Bertz CT molecular complexity index is 690. The number of methoxy groups -OCH3 is 1. The van der Waals surface area contributed by atoms with Crippen molar-refractivity contribution in [3.63, 3.8) is 0 Å². The number of nitrogens with zero attached hydrogens (tertiary/aromatic N) is 1. The average Bonchev–Trinajstić information content (AvgIpc) is 2.52. The van der Waals surface area contributed by atoms with E-state index in [9.17, 15) is 9.18 Å². The third-order valence-electron chi connectivity index (χ3n) is 2.85. The zero-order valence-electron chi connectivity index (χ0n) is 11.3. The van der Waals surface area contributed by atoms with E-state index in [4.69, 9.17) is 14.7 Å². The molecule has 0 N–H and O–H groups in total. The predicted octanol–water partition coefficient (Wildman–Crippen LogP) is 3.06. The molecule has 4 nitrogen and oxygen atoms in total. The highest BCUT2D eigenvalue weighted by Gasteiger charge is 2.10. The van der Waals surface area contributed by atoms with E-state index in [2.05, 4.69) is 0 Å². The van der Waals surface area contributed by atoms with E-state index in [0.29, 0.717) is 22.4 Å². The minimum Gasteiger partial charge on any atom is -0.496 e. The number of ether oxygens (including phenoxy) is 2. The fourth-order valence-corrected chi connectivity index (χ4v) is 1.77. The van der Waals surface area contributed by atoms with Crippen LogP contribution in [0, 0.1) is 17.1 Å². The van der Waals surface area contributed by atoms with Gasteiger partial charge in [0.15, 0.2) is 0 Å². The first-order valence-corrected chi connectivity index (χ1v) is 6.13. The van der Waals surface area contributed by atoms with Crippen molar-refractivity contribution in [1.82, 2.24) is 0 Å². The maximum absolute atomic E-state index is 13.2. The summed E-state index contributed by atoms with van der Waals surface area (Å²) in [5.74, 6) is -0.532. The van der Waals surface area contributed by atoms with Crippen LogP contribution in [0.1, 0.15) is 21.5 Å². The third-order valence-corrected chi connectivity index (χ3v) is 2.85. The summed E-state index contributed by atoms with van der Waals surface area (Å²) in [6.07, 6.45) is 0. The molecule has 0 saturated heterocycles. The molecule has 0 aliphatic rings. The van der Waals surface area contributed by atoms with E-state index in [0.717, 1.165) is 0 Å². The largest absolute Gasteiger partial charge is 0.496 e. The molecule has 0 fully saturated rings. The van der Waals surface area contributed by atoms with Gasteiger partial charge in [-0.1, -0.05) is 0 Å². The third kappa shape index (κ3) is 3.57. The number of halogens is 1. The van der Waals surface area contributed by atoms with E-state index in [1.54, 1.807) is 0 Å². The Balaban J connectivity index is 2.07. The summed E-state index contributed by atoms with van der Waals surface area (Å²) in [5, 5.41) is 8.69. The summed E-state index contributed by atoms with van der Waals surface area (Å²) < 4.78 is 23.4. The van der Waals surface area contributed by atoms with Crippen LogP contribution in [0.4, 0.5) is 4.39 Å². The molecule has 0 amide bonds. The second-order valence-electron chi connectivity index (χ2n) is 4.22. The minimum absolute atomic E-state index is 0.0975. The fourth-order valence-electron chi connectivity index (χ4n) is 1.77. The normalized spacial score (nSPS) is 9.76. The minimum atomic E-state index is -0.550. The molecule has 21 heavy (non-hydrogen) atoms. The Hall–Kier alpha value is -2.87. The van der Waals surface area contributed by atoms with Crippen LogP contribution in [0.5, 0.6) is 5.75 Å². The van der Waals surface area contributed by atoms with Crippen molar-refractivity contribution < 1.29 is 18.7 Å². The lowest BCUT2D eigenvalue weighted by atomic mass is 10.1. The molecule has 2 aromatic rings. The number of carbonyl (C=O) groups is 1. The SMILES string of the molecule is COc1ccc(F)cc1COC(=O)c1ccc(C#N)cc1. The van der Waals surface area contributed by atoms with Gasteiger partial charge in [0.1, 0.15) is 18.2 Å². The number of hydrogen-bond donors (Lipinski definition) is 0. The first kappa shape index (κ1) is 14.5. The van der Waals surface area contributed by atoms with Crippen LogP contribution in [-0.2, 0) is 11.3 Å². The number of carbonyl (C=O) groups excluding carboxylic acids is 1. The van der Waals surface area contributed by atoms with E-state index in [1.807, 2.05) is 6.07 Å². The number of benzene rings is 2. The summed E-state index contributed by atoms with van der Waals surface area (Å²) in [4.78, 5) is 11.9. The Labute approximate surface area is 121 Å². The summed E-state index contributed by atoms with van der Waals surface area (Å²) in [6, 6.07) is 12.0. The highest BCUT2D eigenvalue weighted by atomic mass is 19.1. The van der Waals surface area contributed by atoms with Crippen molar-refractivity contribution in [2.75, 3.05) is 7.11 Å². The predicted molar refractivity (Wildman–Crippen MR) is 73.2 cm³/mol. The summed E-state index contributed by atoms with van der Waals surface area (Å²) in [6.45, 7) is -0.0975. The second-order valence-corrected chi connectivity index (χ2v) is 4.22. The highest BCUT2D eigenvalue weighted by molar-refractivity contribution is 5.89. The Morgan fingerprint density at radius 1 is 1.24 bits per heavy atom. The number of esters is 1. The van der Waals surface area contributed by atoms with Crippen LogP contribution in [-0.4, -0.2) is 13.1 Å². The lowest BCUT2D eigenvalue weighted by molar-refractivity contribution is 0.0469. The van der Waals surface area contributed by atoms with Crippen LogP contribution in [0.2, 0.25) is 0 Å². The molecule has 106 valence electrons. The molecule has 0 aliphatic carbocycles. The van der Waals surface area contributed by atoms with E-state index in [-0.39, 0.29) is 6.61 Å². The molecule has 0 saturated carbocycles. The van der Waals surface area contributed by atoms with Gasteiger partial charge in [0.05, 0.1) is 24.3 Å². The average molecular weight is 285 g/mol. The Morgan fingerprint density at radius 2 is 1.95 bits per heavy atom. The molecule has 2 aromatic carbocycles. The van der Waals surface area contributed by atoms with Crippen LogP contribution < -0.4 is 4.74 Å². The van der Waals surface area contributed by atoms with Crippen LogP contribution in [0.15, 0.2) is 42.5 Å². The number of rotatable bonds is 4. The molecule has 0 aromatic heterocycles. The van der Waals surface area contributed by atoms with Gasteiger partial charge in [-0.2, -0.15) is 5.26 Å². The first-order valence-electron chi connectivity index (χ1n) is 6.13. The van der Waals surface area contributed by atoms with Gasteiger partial charge in [-0.15, -0.1) is 0 Å². The van der Waals surface area contributed by atoms with Gasteiger partial charge < -0.3 is 9.47 Å². The molecule has 0 bridgehead atoms. The van der Waals surface area contributed by atoms with Crippen molar-refractivity contribution in [3.8, 4) is 11.8 Å². The molecular weight excluding hydrogens is 273 g/mol. The standard InChI is InChI=1S/C16H12FNO3/c1-20-15-7-6-14(17)8-13(15)10-21-16(19)12-4-2-11(9-18)3-5-12/h2-8H,10H2,1H3. The van der Waals surface area contributed by atoms with Crippen molar-refractivity contribution in [3.05, 3.63) is 65.0 Å². The van der Waals surface area contributed by atoms with Crippen LogP contribution in [0.25, 0.3) is 0 Å². The number of hydrogen-bond acceptors (Lipinski definition) is 4. The second kappa shape index (κ2) is 6.53. The van der Waals surface area contributed by atoms with Crippen molar-refractivity contribution in [2.24, 2.45) is 0 Å². The van der Waals surface area contributed by atoms with Gasteiger partial charge in [0, 0.05) is 5.56 Å². The van der Waals surface area contributed by atoms with Crippen molar-refractivity contribution in [2.45, 2.75) is 6.61 Å². The van der Waals surface area contributed by atoms with Crippen molar-refractivity contribution in [1.29, 1.82) is 5.26 Å². The van der Waals surface area contributed by atoms with E-state index in [1.165, 1.54) is 49.6 Å². The molecule has 0 unspecified atom stereocenters. The number of nitriles is 1. The zero-order chi connectivity index (χ0) is 15.2. The molecule has 0 heterocycles. The molecule has 2 rings (SSSR count). The molecule has 0 radical (unpaired) electrons. The summed E-state index contributed by atoms with van der Waals surface area (Å²) in [5.41, 5.74) is 1.22. The fraction of sp³-hybridized carbons (Fsp3) is 0.125. The summed E-state index contributed by atoms with van der Waals surface area (Å²) in [7, 11) is 1.46. The monoisotopic (exact) mass is 285 g/mol. The molecule has 0 spiro atoms. The van der Waals surface area contributed by atoms with E-state index >= 15 is 0 Å². The van der Waals surface area contributed by atoms with Gasteiger partial charge in [0.25, 0.3) is 0 Å². The molecule has 5 heteroatoms. The smallest absolute Gasteiger partial charge is 0.338 e. The Kier molecular flexibility index (Phi) is 4.52. The maximum Gasteiger partial charge on any atom is 0.338 e. The highest BCUT2D eigenvalue weighted by Crippen LogP contribution is 2.20. The lowest BCUT2D eigenvalue weighted by Crippen LogP contribution is -2.06. The zero-order valence-corrected chi connectivity index (χ0v) is 11.3. The van der Waals surface area contributed by atoms with Crippen LogP contribution >= 0.6 is 0 Å². The molecule has 0 aliphatic heterocycles. The van der Waals surface area contributed by atoms with Gasteiger partial charge in [0.2, 0.25) is 0 Å².